The summed E-state index contributed by atoms with van der Waals surface area (Å²) >= 11 is 1.33. The van der Waals surface area contributed by atoms with Crippen LogP contribution in [0, 0.1) is 19.7 Å². The molecule has 0 saturated carbocycles. The van der Waals surface area contributed by atoms with Gasteiger partial charge in [0.05, 0.1) is 0 Å². The fourth-order valence-corrected chi connectivity index (χ4v) is 4.15. The Bertz CT molecular complexity index is 1010. The number of hydrogen-bond donors (Lipinski definition) is 1. The van der Waals surface area contributed by atoms with Crippen molar-refractivity contribution >= 4 is 17.3 Å². The number of hydrogen-bond acceptors (Lipinski definition) is 3. The van der Waals surface area contributed by atoms with Crippen LogP contribution in [0.1, 0.15) is 33.6 Å². The van der Waals surface area contributed by atoms with Crippen molar-refractivity contribution < 1.29 is 23.4 Å². The molecule has 29 heavy (non-hydrogen) atoms. The van der Waals surface area contributed by atoms with E-state index in [4.69, 9.17) is 9.84 Å². The monoisotopic (exact) mass is 416 g/mol. The average molecular weight is 416 g/mol. The van der Waals surface area contributed by atoms with Gasteiger partial charge < -0.3 is 9.84 Å². The first-order valence-electron chi connectivity index (χ1n) is 9.25. The van der Waals surface area contributed by atoms with Gasteiger partial charge in [-0.25, -0.2) is 8.78 Å². The molecule has 0 aliphatic rings. The lowest BCUT2D eigenvalue weighted by atomic mass is 9.99. The lowest BCUT2D eigenvalue weighted by molar-refractivity contribution is -0.136. The highest BCUT2D eigenvalue weighted by Gasteiger charge is 2.16. The maximum atomic E-state index is 13.5. The molecule has 0 bridgehead atoms. The van der Waals surface area contributed by atoms with Gasteiger partial charge in [0, 0.05) is 16.9 Å². The Kier molecular flexibility index (Phi) is 6.64. The lowest BCUT2D eigenvalue weighted by Crippen LogP contribution is -2.03. The molecule has 3 aromatic rings. The molecule has 2 aromatic carbocycles. The van der Waals surface area contributed by atoms with Crippen LogP contribution in [0.15, 0.2) is 41.8 Å². The summed E-state index contributed by atoms with van der Waals surface area (Å²) in [6, 6.07) is 9.83. The van der Waals surface area contributed by atoms with E-state index < -0.39 is 12.6 Å². The Hall–Kier alpha value is -2.73. The molecular weight excluding hydrogens is 394 g/mol. The lowest BCUT2D eigenvalue weighted by Gasteiger charge is -2.15. The van der Waals surface area contributed by atoms with Gasteiger partial charge in [-0.05, 0) is 71.7 Å². The molecule has 3 nitrogen and oxygen atoms in total. The molecule has 3 rings (SSSR count). The molecule has 1 N–H and O–H groups in total. The predicted octanol–water partition coefficient (Wildman–Crippen LogP) is 6.24. The number of aryl methyl sites for hydroxylation is 1. The number of rotatable bonds is 8. The smallest absolute Gasteiger partial charge is 0.303 e. The molecule has 152 valence electrons. The third-order valence-corrected chi connectivity index (χ3v) is 6.08. The molecule has 0 aliphatic carbocycles. The van der Waals surface area contributed by atoms with E-state index in [1.165, 1.54) is 23.5 Å². The summed E-state index contributed by atoms with van der Waals surface area (Å²) < 4.78 is 32.8. The number of benzene rings is 2. The third kappa shape index (κ3) is 4.82. The number of ether oxygens (including phenoxy) is 1. The van der Waals surface area contributed by atoms with Crippen LogP contribution in [0.2, 0.25) is 0 Å². The highest BCUT2D eigenvalue weighted by atomic mass is 32.1. The van der Waals surface area contributed by atoms with Gasteiger partial charge in [0.2, 0.25) is 0 Å². The highest BCUT2D eigenvalue weighted by Crippen LogP contribution is 2.34. The van der Waals surface area contributed by atoms with E-state index in [1.54, 1.807) is 12.1 Å². The van der Waals surface area contributed by atoms with E-state index in [1.807, 2.05) is 31.4 Å². The van der Waals surface area contributed by atoms with Gasteiger partial charge in [0.25, 0.3) is 0 Å². The topological polar surface area (TPSA) is 46.5 Å². The molecular formula is C23H22F2O3S. The van der Waals surface area contributed by atoms with E-state index in [0.717, 1.165) is 33.4 Å². The van der Waals surface area contributed by atoms with Crippen molar-refractivity contribution in [3.63, 3.8) is 0 Å². The summed E-state index contributed by atoms with van der Waals surface area (Å²) in [5, 5.41) is 10.8. The molecule has 1 aromatic heterocycles. The molecule has 0 aliphatic heterocycles. The highest BCUT2D eigenvalue weighted by molar-refractivity contribution is 7.10. The number of aliphatic carboxylic acids is 1. The summed E-state index contributed by atoms with van der Waals surface area (Å²) in [4.78, 5) is 11.4. The van der Waals surface area contributed by atoms with Crippen LogP contribution in [0.3, 0.4) is 0 Å². The van der Waals surface area contributed by atoms with Crippen LogP contribution in [0.25, 0.3) is 11.1 Å². The fourth-order valence-electron chi connectivity index (χ4n) is 3.24. The molecule has 0 atom stereocenters. The van der Waals surface area contributed by atoms with Crippen LogP contribution >= 0.6 is 11.3 Å². The summed E-state index contributed by atoms with van der Waals surface area (Å²) in [6.07, 6.45) is 0.545. The molecule has 0 saturated heterocycles. The van der Waals surface area contributed by atoms with Crippen LogP contribution in [-0.2, 0) is 24.5 Å². The molecule has 0 spiro atoms. The van der Waals surface area contributed by atoms with E-state index in [0.29, 0.717) is 17.0 Å². The van der Waals surface area contributed by atoms with Crippen LogP contribution < -0.4 is 4.74 Å². The van der Waals surface area contributed by atoms with Crippen LogP contribution in [0.4, 0.5) is 8.78 Å². The van der Waals surface area contributed by atoms with Crippen molar-refractivity contribution in [2.75, 3.05) is 0 Å². The van der Waals surface area contributed by atoms with Crippen molar-refractivity contribution in [1.29, 1.82) is 0 Å². The van der Waals surface area contributed by atoms with E-state index in [9.17, 15) is 13.6 Å². The normalized spacial score (nSPS) is 10.9. The third-order valence-electron chi connectivity index (χ3n) is 5.09. The first kappa shape index (κ1) is 21.0. The van der Waals surface area contributed by atoms with Gasteiger partial charge in [-0.1, -0.05) is 18.2 Å². The minimum Gasteiger partial charge on any atom is -0.489 e. The van der Waals surface area contributed by atoms with Crippen molar-refractivity contribution in [3.8, 4) is 16.9 Å². The standard InChI is InChI=1S/C23H22F2O3S/c1-14-15(2)21(9-5-16(14)6-10-23(26)27)28-12-19-20(13-29-22(19)11-24)17-3-7-18(25)8-4-17/h3-5,7-9,13H,6,10-12H2,1-2H3,(H,26,27). The average Bonchev–Trinajstić information content (AvgIpc) is 3.11. The zero-order valence-electron chi connectivity index (χ0n) is 16.3. The van der Waals surface area contributed by atoms with Crippen molar-refractivity contribution in [2.45, 2.75) is 40.0 Å². The molecule has 0 radical (unpaired) electrons. The maximum absolute atomic E-state index is 13.5. The second kappa shape index (κ2) is 9.18. The van der Waals surface area contributed by atoms with Gasteiger partial charge >= 0.3 is 5.97 Å². The zero-order chi connectivity index (χ0) is 21.0. The first-order valence-corrected chi connectivity index (χ1v) is 10.1. The quantitative estimate of drug-likeness (QED) is 0.473. The SMILES string of the molecule is Cc1c(CCC(=O)O)ccc(OCc2c(-c3ccc(F)cc3)csc2CF)c1C. The Labute approximate surface area is 172 Å². The van der Waals surface area contributed by atoms with Gasteiger partial charge in [-0.2, -0.15) is 0 Å². The number of alkyl halides is 1. The molecule has 0 fully saturated rings. The van der Waals surface area contributed by atoms with E-state index in [-0.39, 0.29) is 18.8 Å². The van der Waals surface area contributed by atoms with E-state index >= 15 is 0 Å². The largest absolute Gasteiger partial charge is 0.489 e. The Morgan fingerprint density at radius 3 is 2.48 bits per heavy atom. The Balaban J connectivity index is 1.83. The number of carboxylic acids is 1. The Morgan fingerprint density at radius 1 is 1.10 bits per heavy atom. The van der Waals surface area contributed by atoms with Crippen molar-refractivity contribution in [3.05, 3.63) is 74.7 Å². The van der Waals surface area contributed by atoms with Gasteiger partial charge in [-0.15, -0.1) is 11.3 Å². The second-order valence-electron chi connectivity index (χ2n) is 6.85. The summed E-state index contributed by atoms with van der Waals surface area (Å²) in [6.45, 7) is 3.49. The molecule has 1 heterocycles. The van der Waals surface area contributed by atoms with Crippen molar-refractivity contribution in [2.24, 2.45) is 0 Å². The maximum Gasteiger partial charge on any atom is 0.303 e. The molecule has 0 unspecified atom stereocenters. The number of carbonyl (C=O) groups is 1. The van der Waals surface area contributed by atoms with Gasteiger partial charge in [-0.3, -0.25) is 4.79 Å². The minimum absolute atomic E-state index is 0.0796. The van der Waals surface area contributed by atoms with E-state index in [2.05, 4.69) is 0 Å². The summed E-state index contributed by atoms with van der Waals surface area (Å²) in [5.41, 5.74) is 5.33. The molecule has 6 heteroatoms. The number of thiophene rings is 1. The summed E-state index contributed by atoms with van der Waals surface area (Å²) in [5.74, 6) is -0.462. The van der Waals surface area contributed by atoms with Gasteiger partial charge in [0.15, 0.2) is 0 Å². The van der Waals surface area contributed by atoms with Crippen molar-refractivity contribution in [1.82, 2.24) is 0 Å². The molecule has 0 amide bonds. The fraction of sp³-hybridized carbons (Fsp3) is 0.261. The predicted molar refractivity (Wildman–Crippen MR) is 111 cm³/mol. The minimum atomic E-state index is -0.827. The van der Waals surface area contributed by atoms with Crippen LogP contribution in [-0.4, -0.2) is 11.1 Å². The second-order valence-corrected chi connectivity index (χ2v) is 7.81. The number of halogens is 2. The van der Waals surface area contributed by atoms with Crippen LogP contribution in [0.5, 0.6) is 5.75 Å². The Morgan fingerprint density at radius 2 is 1.83 bits per heavy atom. The number of carboxylic acid groups (broad SMARTS) is 1. The van der Waals surface area contributed by atoms with Gasteiger partial charge in [0.1, 0.15) is 24.8 Å². The zero-order valence-corrected chi connectivity index (χ0v) is 17.1. The first-order chi connectivity index (χ1) is 13.9. The summed E-state index contributed by atoms with van der Waals surface area (Å²) in [7, 11) is 0.